The molecule has 0 fully saturated rings. The van der Waals surface area contributed by atoms with E-state index in [-0.39, 0.29) is 24.3 Å². The summed E-state index contributed by atoms with van der Waals surface area (Å²) < 4.78 is 5.78. The smallest absolute Gasteiger partial charge is 0.243 e. The summed E-state index contributed by atoms with van der Waals surface area (Å²) in [6.07, 6.45) is 1.64. The highest BCUT2D eigenvalue weighted by molar-refractivity contribution is 5.87. The van der Waals surface area contributed by atoms with Crippen molar-refractivity contribution in [3.8, 4) is 11.6 Å². The Labute approximate surface area is 147 Å². The van der Waals surface area contributed by atoms with Gasteiger partial charge in [-0.3, -0.25) is 9.59 Å². The zero-order valence-electron chi connectivity index (χ0n) is 14.7. The van der Waals surface area contributed by atoms with E-state index in [1.54, 1.807) is 12.3 Å². The van der Waals surface area contributed by atoms with E-state index in [9.17, 15) is 9.59 Å². The van der Waals surface area contributed by atoms with Gasteiger partial charge in [0.1, 0.15) is 11.8 Å². The topological polar surface area (TPSA) is 80.3 Å². The molecule has 2 aromatic rings. The van der Waals surface area contributed by atoms with Crippen LogP contribution in [-0.4, -0.2) is 22.8 Å². The number of pyridine rings is 1. The number of hydrogen-bond donors (Lipinski definition) is 2. The molecule has 6 nitrogen and oxygen atoms in total. The van der Waals surface area contributed by atoms with Gasteiger partial charge in [0.15, 0.2) is 0 Å². The van der Waals surface area contributed by atoms with Gasteiger partial charge in [-0.05, 0) is 24.1 Å². The van der Waals surface area contributed by atoms with E-state index >= 15 is 0 Å². The summed E-state index contributed by atoms with van der Waals surface area (Å²) in [4.78, 5) is 27.9. The maximum absolute atomic E-state index is 12.4. The minimum Gasteiger partial charge on any atom is -0.439 e. The number of aromatic nitrogens is 1. The van der Waals surface area contributed by atoms with Gasteiger partial charge in [-0.25, -0.2) is 4.98 Å². The van der Waals surface area contributed by atoms with Crippen molar-refractivity contribution in [1.29, 1.82) is 0 Å². The van der Waals surface area contributed by atoms with Gasteiger partial charge in [0.2, 0.25) is 17.7 Å². The average Bonchev–Trinajstić information content (AvgIpc) is 2.59. The number of carbonyl (C=O) groups is 2. The van der Waals surface area contributed by atoms with Crippen molar-refractivity contribution in [2.24, 2.45) is 5.92 Å². The van der Waals surface area contributed by atoms with Crippen LogP contribution < -0.4 is 15.4 Å². The van der Waals surface area contributed by atoms with Crippen molar-refractivity contribution in [2.45, 2.75) is 33.4 Å². The molecule has 25 heavy (non-hydrogen) atoms. The molecule has 2 N–H and O–H groups in total. The first kappa shape index (κ1) is 18.4. The number of benzene rings is 1. The summed E-state index contributed by atoms with van der Waals surface area (Å²) in [6.45, 7) is 5.43. The molecule has 0 bridgehead atoms. The van der Waals surface area contributed by atoms with E-state index in [2.05, 4.69) is 15.6 Å². The maximum atomic E-state index is 12.4. The first-order chi connectivity index (χ1) is 12.0. The van der Waals surface area contributed by atoms with Crippen molar-refractivity contribution in [2.75, 3.05) is 0 Å². The minimum atomic E-state index is -0.576. The van der Waals surface area contributed by atoms with Gasteiger partial charge in [-0.1, -0.05) is 38.1 Å². The van der Waals surface area contributed by atoms with Gasteiger partial charge in [0.05, 0.1) is 0 Å². The van der Waals surface area contributed by atoms with Crippen LogP contribution in [0.3, 0.4) is 0 Å². The fourth-order valence-corrected chi connectivity index (χ4v) is 2.30. The van der Waals surface area contributed by atoms with E-state index in [0.717, 1.165) is 5.56 Å². The summed E-state index contributed by atoms with van der Waals surface area (Å²) in [7, 11) is 0. The molecule has 0 aliphatic carbocycles. The van der Waals surface area contributed by atoms with Crippen LogP contribution in [0.1, 0.15) is 26.3 Å². The predicted molar refractivity (Wildman–Crippen MR) is 95.0 cm³/mol. The Bertz CT molecular complexity index is 717. The lowest BCUT2D eigenvalue weighted by molar-refractivity contribution is -0.129. The number of nitrogens with one attached hydrogen (secondary N) is 2. The highest BCUT2D eigenvalue weighted by Gasteiger charge is 2.23. The standard InChI is InChI=1S/C19H23N3O3/c1-13(2)17(22-14(3)23)18(24)21-12-15-8-7-11-20-19(15)25-16-9-5-4-6-10-16/h4-11,13,17H,12H2,1-3H3,(H,21,24)(H,22,23). The average molecular weight is 341 g/mol. The van der Waals surface area contributed by atoms with Gasteiger partial charge in [0.25, 0.3) is 0 Å². The van der Waals surface area contributed by atoms with Crippen LogP contribution in [0, 0.1) is 5.92 Å². The second-order valence-corrected chi connectivity index (χ2v) is 6.02. The second kappa shape index (κ2) is 8.82. The van der Waals surface area contributed by atoms with Gasteiger partial charge in [-0.15, -0.1) is 0 Å². The van der Waals surface area contributed by atoms with Crippen LogP contribution in [-0.2, 0) is 16.1 Å². The summed E-state index contributed by atoms with van der Waals surface area (Å²) in [6, 6.07) is 12.4. The van der Waals surface area contributed by atoms with Gasteiger partial charge in [-0.2, -0.15) is 0 Å². The zero-order chi connectivity index (χ0) is 18.2. The van der Waals surface area contributed by atoms with Crippen molar-refractivity contribution in [3.63, 3.8) is 0 Å². The Morgan fingerprint density at radius 2 is 1.84 bits per heavy atom. The fourth-order valence-electron chi connectivity index (χ4n) is 2.30. The van der Waals surface area contributed by atoms with Crippen LogP contribution in [0.2, 0.25) is 0 Å². The molecule has 1 atom stereocenters. The molecule has 1 aromatic heterocycles. The number of nitrogens with zero attached hydrogens (tertiary/aromatic N) is 1. The first-order valence-electron chi connectivity index (χ1n) is 8.19. The van der Waals surface area contributed by atoms with E-state index in [1.807, 2.05) is 50.2 Å². The Kier molecular flexibility index (Phi) is 6.51. The quantitative estimate of drug-likeness (QED) is 0.811. The zero-order valence-corrected chi connectivity index (χ0v) is 14.7. The van der Waals surface area contributed by atoms with E-state index in [0.29, 0.717) is 11.6 Å². The van der Waals surface area contributed by atoms with Crippen LogP contribution in [0.25, 0.3) is 0 Å². The SMILES string of the molecule is CC(=O)NC(C(=O)NCc1cccnc1Oc1ccccc1)C(C)C. The summed E-state index contributed by atoms with van der Waals surface area (Å²) in [5.41, 5.74) is 0.755. The van der Waals surface area contributed by atoms with Crippen molar-refractivity contribution < 1.29 is 14.3 Å². The molecule has 0 spiro atoms. The molecular formula is C19H23N3O3. The molecule has 0 saturated carbocycles. The maximum Gasteiger partial charge on any atom is 0.243 e. The molecule has 0 saturated heterocycles. The predicted octanol–water partition coefficient (Wildman–Crippen LogP) is 2.65. The number of amides is 2. The lowest BCUT2D eigenvalue weighted by Crippen LogP contribution is -2.48. The van der Waals surface area contributed by atoms with Crippen molar-refractivity contribution in [1.82, 2.24) is 15.6 Å². The molecule has 0 aliphatic heterocycles. The highest BCUT2D eigenvalue weighted by atomic mass is 16.5. The van der Waals surface area contributed by atoms with Gasteiger partial charge < -0.3 is 15.4 Å². The van der Waals surface area contributed by atoms with Crippen LogP contribution in [0.15, 0.2) is 48.7 Å². The molecule has 2 amide bonds. The van der Waals surface area contributed by atoms with Crippen LogP contribution >= 0.6 is 0 Å². The Morgan fingerprint density at radius 1 is 1.12 bits per heavy atom. The Balaban J connectivity index is 2.05. The third-order valence-electron chi connectivity index (χ3n) is 3.57. The molecule has 0 radical (unpaired) electrons. The molecule has 6 heteroatoms. The summed E-state index contributed by atoms with van der Waals surface area (Å²) >= 11 is 0. The van der Waals surface area contributed by atoms with Gasteiger partial charge >= 0.3 is 0 Å². The van der Waals surface area contributed by atoms with E-state index < -0.39 is 6.04 Å². The summed E-state index contributed by atoms with van der Waals surface area (Å²) in [5.74, 6) is 0.627. The lowest BCUT2D eigenvalue weighted by atomic mass is 10.0. The first-order valence-corrected chi connectivity index (χ1v) is 8.19. The number of carbonyl (C=O) groups excluding carboxylic acids is 2. The van der Waals surface area contributed by atoms with Crippen molar-refractivity contribution >= 4 is 11.8 Å². The lowest BCUT2D eigenvalue weighted by Gasteiger charge is -2.21. The molecule has 0 aliphatic rings. The number of ether oxygens (including phenoxy) is 1. The molecule has 132 valence electrons. The minimum absolute atomic E-state index is 0.0159. The number of rotatable bonds is 7. The fraction of sp³-hybridized carbons (Fsp3) is 0.316. The molecule has 1 heterocycles. The third kappa shape index (κ3) is 5.60. The largest absolute Gasteiger partial charge is 0.439 e. The Morgan fingerprint density at radius 3 is 2.48 bits per heavy atom. The van der Waals surface area contributed by atoms with Crippen molar-refractivity contribution in [3.05, 3.63) is 54.2 Å². The Hall–Kier alpha value is -2.89. The second-order valence-electron chi connectivity index (χ2n) is 6.02. The summed E-state index contributed by atoms with van der Waals surface area (Å²) in [5, 5.41) is 5.51. The number of para-hydroxylation sites is 1. The number of hydrogen-bond acceptors (Lipinski definition) is 4. The monoisotopic (exact) mass is 341 g/mol. The van der Waals surface area contributed by atoms with Gasteiger partial charge in [0, 0.05) is 25.2 Å². The van der Waals surface area contributed by atoms with E-state index in [4.69, 9.17) is 4.74 Å². The van der Waals surface area contributed by atoms with Crippen LogP contribution in [0.4, 0.5) is 0 Å². The normalized spacial score (nSPS) is 11.7. The molecular weight excluding hydrogens is 318 g/mol. The van der Waals surface area contributed by atoms with E-state index in [1.165, 1.54) is 6.92 Å². The highest BCUT2D eigenvalue weighted by Crippen LogP contribution is 2.22. The third-order valence-corrected chi connectivity index (χ3v) is 3.57. The molecule has 1 aromatic carbocycles. The molecule has 2 rings (SSSR count). The molecule has 1 unspecified atom stereocenters. The van der Waals surface area contributed by atoms with Crippen LogP contribution in [0.5, 0.6) is 11.6 Å².